The Morgan fingerprint density at radius 2 is 1.73 bits per heavy atom. The fourth-order valence-corrected chi connectivity index (χ4v) is 5.67. The molecule has 0 spiro atoms. The van der Waals surface area contributed by atoms with Gasteiger partial charge in [0, 0.05) is 42.0 Å². The summed E-state index contributed by atoms with van der Waals surface area (Å²) >= 11 is 0. The first kappa shape index (κ1) is 27.4. The molecule has 40 heavy (non-hydrogen) atoms. The first-order chi connectivity index (χ1) is 19.2. The maximum atomic E-state index is 15.2. The van der Waals surface area contributed by atoms with Crippen molar-refractivity contribution in [2.45, 2.75) is 13.3 Å². The molecule has 5 rings (SSSR count). The lowest BCUT2D eigenvalue weighted by molar-refractivity contribution is 0.0303. The summed E-state index contributed by atoms with van der Waals surface area (Å²) in [5, 5.41) is 0.542. The second-order valence-electron chi connectivity index (χ2n) is 9.31. The minimum Gasteiger partial charge on any atom is -0.378 e. The number of fused-ring (bicyclic) bond motifs is 1. The van der Waals surface area contributed by atoms with E-state index in [0.29, 0.717) is 49.2 Å². The summed E-state index contributed by atoms with van der Waals surface area (Å²) in [5.41, 5.74) is 0.813. The number of nitrogens with zero attached hydrogens (tertiary/aromatic N) is 3. The van der Waals surface area contributed by atoms with Crippen LogP contribution in [0, 0.1) is 11.6 Å². The van der Waals surface area contributed by atoms with E-state index in [1.54, 1.807) is 48.2 Å². The zero-order valence-corrected chi connectivity index (χ0v) is 22.4. The Balaban J connectivity index is 1.41. The molecule has 1 aliphatic rings. The Kier molecular flexibility index (Phi) is 7.63. The minimum absolute atomic E-state index is 0.0688. The summed E-state index contributed by atoms with van der Waals surface area (Å²) in [5.74, 6) is -3.80. The van der Waals surface area contributed by atoms with Gasteiger partial charge in [-0.25, -0.2) is 22.2 Å². The van der Waals surface area contributed by atoms with Gasteiger partial charge in [-0.3, -0.25) is 18.9 Å². The van der Waals surface area contributed by atoms with Crippen LogP contribution in [0.1, 0.15) is 34.1 Å². The van der Waals surface area contributed by atoms with Crippen molar-refractivity contribution in [1.82, 2.24) is 14.5 Å². The van der Waals surface area contributed by atoms with E-state index in [4.69, 9.17) is 4.74 Å². The number of sulfonamides is 1. The third-order valence-corrected chi connectivity index (χ3v) is 8.03. The molecule has 0 bridgehead atoms. The number of pyridine rings is 1. The van der Waals surface area contributed by atoms with E-state index >= 15 is 4.39 Å². The Bertz CT molecular complexity index is 1700. The number of amides is 1. The highest BCUT2D eigenvalue weighted by atomic mass is 32.2. The monoisotopic (exact) mass is 568 g/mol. The van der Waals surface area contributed by atoms with Crippen molar-refractivity contribution in [2.24, 2.45) is 0 Å². The van der Waals surface area contributed by atoms with Gasteiger partial charge in [-0.1, -0.05) is 19.1 Å². The molecule has 1 amide bonds. The van der Waals surface area contributed by atoms with Gasteiger partial charge in [-0.2, -0.15) is 0 Å². The molecule has 12 heteroatoms. The van der Waals surface area contributed by atoms with Crippen LogP contribution in [0.3, 0.4) is 0 Å². The van der Waals surface area contributed by atoms with Gasteiger partial charge in [-0.05, 0) is 48.4 Å². The van der Waals surface area contributed by atoms with Gasteiger partial charge in [0.15, 0.2) is 5.82 Å². The Hall–Kier alpha value is -4.16. The fourth-order valence-electron chi connectivity index (χ4n) is 4.54. The number of halogens is 2. The molecule has 1 fully saturated rings. The van der Waals surface area contributed by atoms with Gasteiger partial charge in [0.2, 0.25) is 10.0 Å². The molecule has 2 aromatic carbocycles. The molecule has 3 heterocycles. The largest absolute Gasteiger partial charge is 0.378 e. The SMILES string of the molecule is CCCS(=O)(=O)Nc1ccc(F)c(C(=O)n2ccc3cc(-c4ccc(C(=O)N5CCOCC5)cc4)cnc32)c1F. The lowest BCUT2D eigenvalue weighted by Crippen LogP contribution is -2.40. The van der Waals surface area contributed by atoms with E-state index in [1.807, 2.05) is 0 Å². The fraction of sp³-hybridized carbons (Fsp3) is 0.250. The minimum atomic E-state index is -3.86. The van der Waals surface area contributed by atoms with Gasteiger partial charge >= 0.3 is 0 Å². The number of carbonyl (C=O) groups excluding carboxylic acids is 2. The number of morpholine rings is 1. The van der Waals surface area contributed by atoms with Gasteiger partial charge in [0.25, 0.3) is 11.8 Å². The molecular weight excluding hydrogens is 542 g/mol. The molecule has 0 aliphatic carbocycles. The van der Waals surface area contributed by atoms with Crippen molar-refractivity contribution in [2.75, 3.05) is 36.8 Å². The third-order valence-electron chi connectivity index (χ3n) is 6.55. The van der Waals surface area contributed by atoms with E-state index < -0.39 is 38.8 Å². The number of nitrogens with one attached hydrogen (secondary N) is 1. The standard InChI is InChI=1S/C28H26F2N4O5S/c1-2-15-40(37,38)32-23-8-7-22(29)24(25(23)30)28(36)34-10-9-20-16-21(17-31-26(20)34)18-3-5-19(6-4-18)27(35)33-11-13-39-14-12-33/h3-10,16-17,32H,2,11-15H2,1H3. The van der Waals surface area contributed by atoms with Crippen molar-refractivity contribution in [3.63, 3.8) is 0 Å². The van der Waals surface area contributed by atoms with Crippen LogP contribution >= 0.6 is 0 Å². The van der Waals surface area contributed by atoms with E-state index in [-0.39, 0.29) is 17.3 Å². The van der Waals surface area contributed by atoms with Crippen LogP contribution < -0.4 is 4.72 Å². The zero-order valence-electron chi connectivity index (χ0n) is 21.6. The van der Waals surface area contributed by atoms with Crippen LogP contribution in [0.2, 0.25) is 0 Å². The molecule has 0 saturated carbocycles. The zero-order chi connectivity index (χ0) is 28.4. The molecule has 2 aromatic heterocycles. The smallest absolute Gasteiger partial charge is 0.269 e. The summed E-state index contributed by atoms with van der Waals surface area (Å²) in [4.78, 5) is 32.0. The van der Waals surface area contributed by atoms with Crippen LogP contribution in [-0.4, -0.2) is 66.7 Å². The number of aromatic nitrogens is 2. The summed E-state index contributed by atoms with van der Waals surface area (Å²) < 4.78 is 62.4. The van der Waals surface area contributed by atoms with Gasteiger partial charge in [0.1, 0.15) is 17.0 Å². The summed E-state index contributed by atoms with van der Waals surface area (Å²) in [6, 6.07) is 12.2. The molecule has 1 N–H and O–H groups in total. The molecule has 1 aliphatic heterocycles. The van der Waals surface area contributed by atoms with Crippen molar-refractivity contribution in [1.29, 1.82) is 0 Å². The van der Waals surface area contributed by atoms with Crippen LogP contribution in [0.5, 0.6) is 0 Å². The number of carbonyl (C=O) groups is 2. The van der Waals surface area contributed by atoms with E-state index in [0.717, 1.165) is 22.3 Å². The van der Waals surface area contributed by atoms with Crippen LogP contribution in [0.15, 0.2) is 60.9 Å². The van der Waals surface area contributed by atoms with Crippen molar-refractivity contribution in [3.05, 3.63) is 83.7 Å². The number of anilines is 1. The quantitative estimate of drug-likeness (QED) is 0.356. The summed E-state index contributed by atoms with van der Waals surface area (Å²) in [6.45, 7) is 3.76. The Morgan fingerprint density at radius 1 is 1.00 bits per heavy atom. The highest BCUT2D eigenvalue weighted by molar-refractivity contribution is 7.92. The van der Waals surface area contributed by atoms with Crippen molar-refractivity contribution < 1.29 is 31.5 Å². The molecule has 0 unspecified atom stereocenters. The van der Waals surface area contributed by atoms with Gasteiger partial charge in [-0.15, -0.1) is 0 Å². The maximum absolute atomic E-state index is 15.2. The predicted octanol–water partition coefficient (Wildman–Crippen LogP) is 4.29. The number of rotatable bonds is 7. The van der Waals surface area contributed by atoms with Crippen molar-refractivity contribution in [3.8, 4) is 11.1 Å². The Morgan fingerprint density at radius 3 is 2.42 bits per heavy atom. The highest BCUT2D eigenvalue weighted by Gasteiger charge is 2.25. The molecule has 4 aromatic rings. The number of ether oxygens (including phenoxy) is 1. The van der Waals surface area contributed by atoms with Crippen LogP contribution in [0.25, 0.3) is 22.2 Å². The van der Waals surface area contributed by atoms with Crippen molar-refractivity contribution >= 4 is 38.6 Å². The predicted molar refractivity (Wildman–Crippen MR) is 146 cm³/mol. The first-order valence-corrected chi connectivity index (χ1v) is 14.3. The molecule has 1 saturated heterocycles. The first-order valence-electron chi connectivity index (χ1n) is 12.7. The summed E-state index contributed by atoms with van der Waals surface area (Å²) in [7, 11) is -3.86. The topological polar surface area (TPSA) is 111 Å². The highest BCUT2D eigenvalue weighted by Crippen LogP contribution is 2.27. The Labute approximate surface area is 229 Å². The molecule has 208 valence electrons. The number of hydrogen-bond donors (Lipinski definition) is 1. The second-order valence-corrected chi connectivity index (χ2v) is 11.2. The third kappa shape index (κ3) is 5.45. The average molecular weight is 569 g/mol. The normalized spacial score (nSPS) is 13.9. The molecule has 0 radical (unpaired) electrons. The van der Waals surface area contributed by atoms with E-state index in [2.05, 4.69) is 9.71 Å². The second kappa shape index (κ2) is 11.1. The number of benzene rings is 2. The van der Waals surface area contributed by atoms with Gasteiger partial charge < -0.3 is 9.64 Å². The molecular formula is C28H26F2N4O5S. The van der Waals surface area contributed by atoms with Gasteiger partial charge in [0.05, 0.1) is 24.7 Å². The lowest BCUT2D eigenvalue weighted by Gasteiger charge is -2.26. The average Bonchev–Trinajstić information content (AvgIpc) is 3.38. The summed E-state index contributed by atoms with van der Waals surface area (Å²) in [6.07, 6.45) is 3.16. The molecule has 0 atom stereocenters. The maximum Gasteiger partial charge on any atom is 0.269 e. The van der Waals surface area contributed by atoms with E-state index in [1.165, 1.54) is 12.4 Å². The number of hydrogen-bond acceptors (Lipinski definition) is 6. The van der Waals surface area contributed by atoms with Crippen LogP contribution in [-0.2, 0) is 14.8 Å². The lowest BCUT2D eigenvalue weighted by atomic mass is 10.0. The van der Waals surface area contributed by atoms with Crippen LogP contribution in [0.4, 0.5) is 14.5 Å². The van der Waals surface area contributed by atoms with E-state index in [9.17, 15) is 22.4 Å². The molecule has 9 nitrogen and oxygen atoms in total.